The van der Waals surface area contributed by atoms with Crippen molar-refractivity contribution in [3.05, 3.63) is 29.3 Å². The van der Waals surface area contributed by atoms with Gasteiger partial charge in [0.25, 0.3) is 11.8 Å². The second-order valence-corrected chi connectivity index (χ2v) is 6.64. The highest BCUT2D eigenvalue weighted by atomic mass is 16.5. The Morgan fingerprint density at radius 3 is 2.41 bits per heavy atom. The number of nitrogens with zero attached hydrogens (tertiary/aromatic N) is 1. The molecule has 27 heavy (non-hydrogen) atoms. The summed E-state index contributed by atoms with van der Waals surface area (Å²) in [6.45, 7) is 6.37. The first-order valence-electron chi connectivity index (χ1n) is 8.89. The minimum absolute atomic E-state index is 0.428. The molecule has 1 aromatic rings. The summed E-state index contributed by atoms with van der Waals surface area (Å²) in [5, 5.41) is 5.29. The zero-order valence-electron chi connectivity index (χ0n) is 16.0. The maximum Gasteiger partial charge on any atom is 0.326 e. The molecule has 1 saturated heterocycles. The van der Waals surface area contributed by atoms with Crippen molar-refractivity contribution in [2.24, 2.45) is 0 Å². The van der Waals surface area contributed by atoms with Gasteiger partial charge in [0, 0.05) is 5.69 Å². The van der Waals surface area contributed by atoms with Crippen LogP contribution in [0.4, 0.5) is 10.5 Å². The number of hydrogen-bond donors (Lipinski definition) is 2. The molecule has 2 rings (SSSR count). The molecule has 146 valence electrons. The number of anilines is 1. The molecule has 8 heteroatoms. The van der Waals surface area contributed by atoms with Gasteiger partial charge in [0.05, 0.1) is 0 Å². The molecule has 0 aromatic heterocycles. The molecule has 0 unspecified atom stereocenters. The van der Waals surface area contributed by atoms with E-state index in [2.05, 4.69) is 10.6 Å². The van der Waals surface area contributed by atoms with Gasteiger partial charge in [0.2, 0.25) is 0 Å². The van der Waals surface area contributed by atoms with Crippen LogP contribution in [0.3, 0.4) is 0 Å². The van der Waals surface area contributed by atoms with E-state index in [1.54, 1.807) is 19.9 Å². The van der Waals surface area contributed by atoms with Crippen LogP contribution in [0, 0.1) is 13.8 Å². The van der Waals surface area contributed by atoms with Crippen molar-refractivity contribution in [3.63, 3.8) is 0 Å². The Hall–Kier alpha value is -2.90. The van der Waals surface area contributed by atoms with Gasteiger partial charge >= 0.3 is 12.0 Å². The van der Waals surface area contributed by atoms with Gasteiger partial charge in [-0.3, -0.25) is 19.3 Å². The van der Waals surface area contributed by atoms with Gasteiger partial charge in [0.1, 0.15) is 12.1 Å². The molecule has 0 bridgehead atoms. The van der Waals surface area contributed by atoms with Crippen LogP contribution in [0.25, 0.3) is 0 Å². The number of benzene rings is 1. The molecular weight excluding hydrogens is 350 g/mol. The summed E-state index contributed by atoms with van der Waals surface area (Å²) >= 11 is 0. The fraction of sp³-hybridized carbons (Fsp3) is 0.474. The Morgan fingerprint density at radius 1 is 1.19 bits per heavy atom. The van der Waals surface area contributed by atoms with Gasteiger partial charge in [-0.05, 0) is 38.3 Å². The van der Waals surface area contributed by atoms with Crippen LogP contribution < -0.4 is 10.6 Å². The quantitative estimate of drug-likeness (QED) is 0.559. The zero-order chi connectivity index (χ0) is 20.2. The molecule has 1 aromatic carbocycles. The number of urea groups is 1. The fourth-order valence-corrected chi connectivity index (χ4v) is 3.01. The van der Waals surface area contributed by atoms with Crippen molar-refractivity contribution in [3.8, 4) is 0 Å². The van der Waals surface area contributed by atoms with Gasteiger partial charge in [0.15, 0.2) is 6.61 Å². The van der Waals surface area contributed by atoms with Crippen LogP contribution >= 0.6 is 0 Å². The third-order valence-corrected chi connectivity index (χ3v) is 4.76. The minimum atomic E-state index is -0.974. The zero-order valence-corrected chi connectivity index (χ0v) is 16.0. The largest absolute Gasteiger partial charge is 0.454 e. The minimum Gasteiger partial charge on any atom is -0.454 e. The number of aryl methyl sites for hydroxylation is 2. The van der Waals surface area contributed by atoms with Crippen LogP contribution in [0.1, 0.15) is 37.8 Å². The van der Waals surface area contributed by atoms with E-state index in [4.69, 9.17) is 4.74 Å². The van der Waals surface area contributed by atoms with Crippen molar-refractivity contribution in [1.29, 1.82) is 0 Å². The summed E-state index contributed by atoms with van der Waals surface area (Å²) in [5.41, 5.74) is 1.62. The SMILES string of the molecule is CCC1(CC)NC(=O)N(CC(=O)OCC(=O)Nc2ccc(C)cc2C)C1=O. The maximum absolute atomic E-state index is 12.4. The number of rotatable bonds is 7. The highest BCUT2D eigenvalue weighted by Crippen LogP contribution is 2.24. The molecule has 1 fully saturated rings. The van der Waals surface area contributed by atoms with Crippen LogP contribution in [0.5, 0.6) is 0 Å². The first kappa shape index (κ1) is 20.4. The summed E-state index contributed by atoms with van der Waals surface area (Å²) in [4.78, 5) is 49.2. The first-order valence-corrected chi connectivity index (χ1v) is 8.89. The molecule has 4 amide bonds. The standard InChI is InChI=1S/C19H25N3O5/c1-5-19(6-2)17(25)22(18(26)21-19)10-16(24)27-11-15(23)20-14-8-7-12(3)9-13(14)4/h7-9H,5-6,10-11H2,1-4H3,(H,20,23)(H,21,26). The summed E-state index contributed by atoms with van der Waals surface area (Å²) in [5.74, 6) is -1.77. The highest BCUT2D eigenvalue weighted by Gasteiger charge is 2.49. The summed E-state index contributed by atoms with van der Waals surface area (Å²) in [6, 6.07) is 4.93. The van der Waals surface area contributed by atoms with Crippen molar-refractivity contribution in [1.82, 2.24) is 10.2 Å². The van der Waals surface area contributed by atoms with Crippen LogP contribution in [-0.4, -0.2) is 47.4 Å². The number of amides is 4. The molecular formula is C19H25N3O5. The third kappa shape index (κ3) is 4.45. The van der Waals surface area contributed by atoms with Crippen LogP contribution in [-0.2, 0) is 19.1 Å². The van der Waals surface area contributed by atoms with E-state index in [9.17, 15) is 19.2 Å². The Morgan fingerprint density at radius 2 is 1.85 bits per heavy atom. The lowest BCUT2D eigenvalue weighted by atomic mass is 9.93. The van der Waals surface area contributed by atoms with Gasteiger partial charge in [-0.1, -0.05) is 31.5 Å². The average Bonchev–Trinajstić information content (AvgIpc) is 2.87. The molecule has 1 aliphatic heterocycles. The molecule has 1 aliphatic rings. The van der Waals surface area contributed by atoms with E-state index < -0.39 is 42.5 Å². The molecule has 0 radical (unpaired) electrons. The van der Waals surface area contributed by atoms with Gasteiger partial charge in [-0.15, -0.1) is 0 Å². The number of ether oxygens (including phenoxy) is 1. The number of imide groups is 1. The Bertz CT molecular complexity index is 771. The molecule has 0 saturated carbocycles. The van der Waals surface area contributed by atoms with Crippen LogP contribution in [0.15, 0.2) is 18.2 Å². The van der Waals surface area contributed by atoms with Crippen molar-refractivity contribution in [2.45, 2.75) is 46.1 Å². The van der Waals surface area contributed by atoms with Gasteiger partial charge in [-0.25, -0.2) is 4.79 Å². The number of esters is 1. The maximum atomic E-state index is 12.4. The number of hydrogen-bond acceptors (Lipinski definition) is 5. The van der Waals surface area contributed by atoms with Gasteiger partial charge < -0.3 is 15.4 Å². The second-order valence-electron chi connectivity index (χ2n) is 6.64. The molecule has 0 aliphatic carbocycles. The highest BCUT2D eigenvalue weighted by molar-refractivity contribution is 6.08. The topological polar surface area (TPSA) is 105 Å². The predicted molar refractivity (Wildman–Crippen MR) is 99.1 cm³/mol. The Kier molecular flexibility index (Phi) is 6.20. The van der Waals surface area contributed by atoms with Crippen molar-refractivity contribution in [2.75, 3.05) is 18.5 Å². The smallest absolute Gasteiger partial charge is 0.326 e. The van der Waals surface area contributed by atoms with E-state index in [0.29, 0.717) is 18.5 Å². The number of carbonyl (C=O) groups is 4. The fourth-order valence-electron chi connectivity index (χ4n) is 3.01. The summed E-state index contributed by atoms with van der Waals surface area (Å²) < 4.78 is 4.91. The van der Waals surface area contributed by atoms with Crippen molar-refractivity contribution >= 4 is 29.5 Å². The summed E-state index contributed by atoms with van der Waals surface area (Å²) in [7, 11) is 0. The lowest BCUT2D eigenvalue weighted by Crippen LogP contribution is -2.46. The van der Waals surface area contributed by atoms with Gasteiger partial charge in [-0.2, -0.15) is 0 Å². The first-order chi connectivity index (χ1) is 12.7. The van der Waals surface area contributed by atoms with E-state index in [1.807, 2.05) is 26.0 Å². The molecule has 2 N–H and O–H groups in total. The normalized spacial score (nSPS) is 15.5. The van der Waals surface area contributed by atoms with Crippen molar-refractivity contribution < 1.29 is 23.9 Å². The second kappa shape index (κ2) is 8.20. The van der Waals surface area contributed by atoms with E-state index in [1.165, 1.54) is 0 Å². The predicted octanol–water partition coefficient (Wildman–Crippen LogP) is 1.90. The monoisotopic (exact) mass is 375 g/mol. The number of nitrogens with one attached hydrogen (secondary N) is 2. The molecule has 0 atom stereocenters. The third-order valence-electron chi connectivity index (χ3n) is 4.76. The lowest BCUT2D eigenvalue weighted by Gasteiger charge is -2.22. The van der Waals surface area contributed by atoms with E-state index in [-0.39, 0.29) is 0 Å². The molecule has 8 nitrogen and oxygen atoms in total. The van der Waals surface area contributed by atoms with E-state index >= 15 is 0 Å². The summed E-state index contributed by atoms with van der Waals surface area (Å²) in [6.07, 6.45) is 0.857. The van der Waals surface area contributed by atoms with Crippen LogP contribution in [0.2, 0.25) is 0 Å². The molecule has 0 spiro atoms. The average molecular weight is 375 g/mol. The number of carbonyl (C=O) groups excluding carboxylic acids is 4. The Labute approximate surface area is 158 Å². The Balaban J connectivity index is 1.88. The van der Waals surface area contributed by atoms with E-state index in [0.717, 1.165) is 16.0 Å². The lowest BCUT2D eigenvalue weighted by molar-refractivity contribution is -0.150. The molecule has 1 heterocycles.